The summed E-state index contributed by atoms with van der Waals surface area (Å²) in [7, 11) is 0. The third-order valence-corrected chi connectivity index (χ3v) is 4.36. The number of pyridine rings is 1. The maximum Gasteiger partial charge on any atom is 0.330 e. The van der Waals surface area contributed by atoms with Crippen molar-refractivity contribution in [2.24, 2.45) is 0 Å². The van der Waals surface area contributed by atoms with E-state index in [1.54, 1.807) is 49.5 Å². The number of anilines is 4. The van der Waals surface area contributed by atoms with E-state index in [9.17, 15) is 14.9 Å². The van der Waals surface area contributed by atoms with Gasteiger partial charge >= 0.3 is 11.7 Å². The van der Waals surface area contributed by atoms with E-state index in [4.69, 9.17) is 16.3 Å². The predicted octanol–water partition coefficient (Wildman–Crippen LogP) is 4.27. The topological polar surface area (TPSA) is 123 Å². The van der Waals surface area contributed by atoms with Gasteiger partial charge in [0.2, 0.25) is 11.8 Å². The van der Waals surface area contributed by atoms with Crippen molar-refractivity contribution >= 4 is 46.4 Å². The van der Waals surface area contributed by atoms with Crippen molar-refractivity contribution in [3.8, 4) is 0 Å². The summed E-state index contributed by atoms with van der Waals surface area (Å²) in [6, 6.07) is 10.2. The second-order valence-corrected chi connectivity index (χ2v) is 6.65. The molecule has 2 aromatic heterocycles. The van der Waals surface area contributed by atoms with Gasteiger partial charge in [0.15, 0.2) is 0 Å². The van der Waals surface area contributed by atoms with Crippen molar-refractivity contribution in [2.45, 2.75) is 13.3 Å². The number of hydrogen-bond donors (Lipinski definition) is 1. The van der Waals surface area contributed by atoms with E-state index in [0.717, 1.165) is 6.20 Å². The first kappa shape index (κ1) is 21.9. The summed E-state index contributed by atoms with van der Waals surface area (Å²) in [6.07, 6.45) is 4.23. The van der Waals surface area contributed by atoms with E-state index in [1.165, 1.54) is 11.1 Å². The Morgan fingerprint density at radius 1 is 1.26 bits per heavy atom. The van der Waals surface area contributed by atoms with Crippen LogP contribution in [0.15, 0.2) is 55.0 Å². The molecule has 0 bridgehead atoms. The number of ether oxygens (including phenoxy) is 1. The monoisotopic (exact) mass is 442 g/mol. The Kier molecular flexibility index (Phi) is 7.28. The quantitative estimate of drug-likeness (QED) is 0.294. The lowest BCUT2D eigenvalue weighted by Crippen LogP contribution is -2.24. The number of carbonyl (C=O) groups is 1. The first-order valence-electron chi connectivity index (χ1n) is 9.35. The molecule has 0 saturated heterocycles. The Morgan fingerprint density at radius 3 is 2.68 bits per heavy atom. The van der Waals surface area contributed by atoms with Crippen molar-refractivity contribution in [3.63, 3.8) is 0 Å². The lowest BCUT2D eigenvalue weighted by atomic mass is 10.3. The van der Waals surface area contributed by atoms with Crippen molar-refractivity contribution in [3.05, 3.63) is 70.1 Å². The Bertz CT molecular complexity index is 1050. The summed E-state index contributed by atoms with van der Waals surface area (Å²) >= 11 is 5.90. The predicted molar refractivity (Wildman–Crippen MR) is 116 cm³/mol. The normalized spacial score (nSPS) is 10.4. The number of nitrogens with one attached hydrogen (secondary N) is 1. The minimum absolute atomic E-state index is 0.00381. The fourth-order valence-electron chi connectivity index (χ4n) is 2.72. The third-order valence-electron chi connectivity index (χ3n) is 4.11. The van der Waals surface area contributed by atoms with E-state index in [0.29, 0.717) is 16.4 Å². The maximum absolute atomic E-state index is 11.9. The van der Waals surface area contributed by atoms with Gasteiger partial charge in [-0.1, -0.05) is 11.6 Å². The molecular formula is C20H19ClN6O4. The summed E-state index contributed by atoms with van der Waals surface area (Å²) in [5.41, 5.74) is 0.879. The number of benzene rings is 1. The molecule has 3 aromatic rings. The molecule has 0 saturated carbocycles. The van der Waals surface area contributed by atoms with Gasteiger partial charge in [0, 0.05) is 23.5 Å². The van der Waals surface area contributed by atoms with Gasteiger partial charge in [-0.25, -0.2) is 4.98 Å². The van der Waals surface area contributed by atoms with Gasteiger partial charge in [-0.15, -0.1) is 0 Å². The van der Waals surface area contributed by atoms with E-state index < -0.39 is 10.9 Å². The molecule has 0 amide bonds. The molecule has 2 heterocycles. The highest BCUT2D eigenvalue weighted by molar-refractivity contribution is 6.30. The molecule has 31 heavy (non-hydrogen) atoms. The second-order valence-electron chi connectivity index (χ2n) is 6.21. The minimum Gasteiger partial charge on any atom is -0.466 e. The highest BCUT2D eigenvalue weighted by Crippen LogP contribution is 2.32. The molecule has 3 rings (SSSR count). The largest absolute Gasteiger partial charge is 0.466 e. The number of esters is 1. The SMILES string of the molecule is CCOC(=O)CCN(c1cccnc1)c1nc(Nc2ccc(Cl)cc2)ncc1[N+](=O)[O-]. The van der Waals surface area contributed by atoms with Crippen LogP contribution in [0.1, 0.15) is 13.3 Å². The van der Waals surface area contributed by atoms with E-state index in [1.807, 2.05) is 0 Å². The number of nitrogens with zero attached hydrogens (tertiary/aromatic N) is 5. The van der Waals surface area contributed by atoms with Crippen molar-refractivity contribution in [1.82, 2.24) is 15.0 Å². The van der Waals surface area contributed by atoms with Crippen LogP contribution in [-0.4, -0.2) is 39.0 Å². The van der Waals surface area contributed by atoms with Crippen LogP contribution in [0.25, 0.3) is 0 Å². The van der Waals surface area contributed by atoms with E-state index >= 15 is 0 Å². The minimum atomic E-state index is -0.574. The fourth-order valence-corrected chi connectivity index (χ4v) is 2.85. The van der Waals surface area contributed by atoms with Crippen LogP contribution in [0.5, 0.6) is 0 Å². The Morgan fingerprint density at radius 2 is 2.03 bits per heavy atom. The van der Waals surface area contributed by atoms with Gasteiger partial charge < -0.3 is 15.0 Å². The number of carbonyl (C=O) groups excluding carboxylic acids is 1. The second kappa shape index (κ2) is 10.3. The molecule has 10 nitrogen and oxygen atoms in total. The van der Waals surface area contributed by atoms with Crippen LogP contribution >= 0.6 is 11.6 Å². The average molecular weight is 443 g/mol. The van der Waals surface area contributed by atoms with Crippen LogP contribution in [-0.2, 0) is 9.53 Å². The van der Waals surface area contributed by atoms with E-state index in [2.05, 4.69) is 20.3 Å². The number of aromatic nitrogens is 3. The Hall–Kier alpha value is -3.79. The van der Waals surface area contributed by atoms with Gasteiger partial charge in [0.25, 0.3) is 0 Å². The average Bonchev–Trinajstić information content (AvgIpc) is 2.76. The molecule has 0 unspecified atom stereocenters. The molecule has 1 N–H and O–H groups in total. The Balaban J connectivity index is 1.99. The summed E-state index contributed by atoms with van der Waals surface area (Å²) in [5, 5.41) is 15.2. The molecule has 0 aliphatic heterocycles. The third kappa shape index (κ3) is 5.86. The summed E-state index contributed by atoms with van der Waals surface area (Å²) in [5.74, 6) is -0.255. The molecule has 0 spiro atoms. The standard InChI is InChI=1S/C20H19ClN6O4/c1-2-31-18(28)9-11-26(16-4-3-10-22-12-16)19-17(27(29)30)13-23-20(25-19)24-15-7-5-14(21)6-8-15/h3-8,10,12-13H,2,9,11H2,1H3,(H,23,24,25). The van der Waals surface area contributed by atoms with Gasteiger partial charge in [-0.2, -0.15) is 4.98 Å². The van der Waals surface area contributed by atoms with Crippen LogP contribution in [0, 0.1) is 10.1 Å². The summed E-state index contributed by atoms with van der Waals surface area (Å²) in [6.45, 7) is 2.05. The number of hydrogen-bond acceptors (Lipinski definition) is 9. The van der Waals surface area contributed by atoms with Crippen LogP contribution < -0.4 is 10.2 Å². The molecule has 0 atom stereocenters. The summed E-state index contributed by atoms with van der Waals surface area (Å²) < 4.78 is 4.98. The smallest absolute Gasteiger partial charge is 0.330 e. The lowest BCUT2D eigenvalue weighted by molar-refractivity contribution is -0.384. The van der Waals surface area contributed by atoms with Gasteiger partial charge in [0.1, 0.15) is 6.20 Å². The number of rotatable bonds is 9. The molecule has 11 heteroatoms. The van der Waals surface area contributed by atoms with E-state index in [-0.39, 0.29) is 37.0 Å². The number of halogens is 1. The molecule has 0 radical (unpaired) electrons. The Labute approximate surface area is 183 Å². The highest BCUT2D eigenvalue weighted by Gasteiger charge is 2.25. The zero-order chi connectivity index (χ0) is 22.2. The first-order chi connectivity index (χ1) is 15.0. The molecule has 1 aromatic carbocycles. The van der Waals surface area contributed by atoms with Crippen molar-refractivity contribution in [1.29, 1.82) is 0 Å². The van der Waals surface area contributed by atoms with Gasteiger partial charge in [-0.3, -0.25) is 19.9 Å². The van der Waals surface area contributed by atoms with Gasteiger partial charge in [-0.05, 0) is 43.3 Å². The first-order valence-corrected chi connectivity index (χ1v) is 9.73. The summed E-state index contributed by atoms with van der Waals surface area (Å²) in [4.78, 5) is 37.0. The van der Waals surface area contributed by atoms with Crippen molar-refractivity contribution in [2.75, 3.05) is 23.4 Å². The van der Waals surface area contributed by atoms with Crippen molar-refractivity contribution < 1.29 is 14.5 Å². The van der Waals surface area contributed by atoms with Crippen LogP contribution in [0.4, 0.5) is 28.8 Å². The molecule has 0 aliphatic carbocycles. The molecule has 160 valence electrons. The van der Waals surface area contributed by atoms with Gasteiger partial charge in [0.05, 0.1) is 29.8 Å². The van der Waals surface area contributed by atoms with Crippen LogP contribution in [0.3, 0.4) is 0 Å². The number of nitro groups is 1. The fraction of sp³-hybridized carbons (Fsp3) is 0.200. The highest BCUT2D eigenvalue weighted by atomic mass is 35.5. The zero-order valence-electron chi connectivity index (χ0n) is 16.6. The maximum atomic E-state index is 11.9. The zero-order valence-corrected chi connectivity index (χ0v) is 17.3. The lowest BCUT2D eigenvalue weighted by Gasteiger charge is -2.23. The molecule has 0 fully saturated rings. The molecular weight excluding hydrogens is 424 g/mol. The molecule has 0 aliphatic rings. The van der Waals surface area contributed by atoms with Crippen LogP contribution in [0.2, 0.25) is 5.02 Å².